The predicted octanol–water partition coefficient (Wildman–Crippen LogP) is 0.713. The van der Waals surface area contributed by atoms with Gasteiger partial charge in [0, 0.05) is 37.1 Å². The van der Waals surface area contributed by atoms with E-state index in [-0.39, 0.29) is 5.95 Å². The lowest BCUT2D eigenvalue weighted by molar-refractivity contribution is 0.767. The third-order valence-corrected chi connectivity index (χ3v) is 2.21. The summed E-state index contributed by atoms with van der Waals surface area (Å²) >= 11 is 0. The lowest BCUT2D eigenvalue weighted by Gasteiger charge is -2.06. The SMILES string of the molecule is Cc1cnc(N)nc1NCc1cnn(C)c1. The van der Waals surface area contributed by atoms with Crippen molar-refractivity contribution in [1.82, 2.24) is 19.7 Å². The summed E-state index contributed by atoms with van der Waals surface area (Å²) < 4.78 is 1.76. The van der Waals surface area contributed by atoms with Crippen LogP contribution in [0.4, 0.5) is 11.8 Å². The Kier molecular flexibility index (Phi) is 2.72. The first-order valence-electron chi connectivity index (χ1n) is 4.95. The van der Waals surface area contributed by atoms with Crippen LogP contribution in [0, 0.1) is 6.92 Å². The first kappa shape index (κ1) is 10.4. The van der Waals surface area contributed by atoms with E-state index in [1.165, 1.54) is 0 Å². The fraction of sp³-hybridized carbons (Fsp3) is 0.300. The molecule has 0 aliphatic rings. The van der Waals surface area contributed by atoms with Gasteiger partial charge in [0.2, 0.25) is 5.95 Å². The molecule has 0 atom stereocenters. The molecular weight excluding hydrogens is 204 g/mol. The summed E-state index contributed by atoms with van der Waals surface area (Å²) in [4.78, 5) is 8.03. The molecule has 0 fully saturated rings. The van der Waals surface area contributed by atoms with Gasteiger partial charge in [-0.15, -0.1) is 0 Å². The van der Waals surface area contributed by atoms with E-state index in [1.54, 1.807) is 10.9 Å². The Hall–Kier alpha value is -2.11. The lowest BCUT2D eigenvalue weighted by Crippen LogP contribution is -2.05. The van der Waals surface area contributed by atoms with Crippen molar-refractivity contribution in [1.29, 1.82) is 0 Å². The van der Waals surface area contributed by atoms with Gasteiger partial charge in [0.05, 0.1) is 6.20 Å². The minimum absolute atomic E-state index is 0.277. The maximum Gasteiger partial charge on any atom is 0.221 e. The van der Waals surface area contributed by atoms with Crippen LogP contribution in [0.5, 0.6) is 0 Å². The minimum Gasteiger partial charge on any atom is -0.368 e. The number of nitrogens with zero attached hydrogens (tertiary/aromatic N) is 4. The van der Waals surface area contributed by atoms with Gasteiger partial charge in [0.25, 0.3) is 0 Å². The van der Waals surface area contributed by atoms with E-state index >= 15 is 0 Å². The van der Waals surface area contributed by atoms with E-state index in [9.17, 15) is 0 Å². The number of nitrogen functional groups attached to an aromatic ring is 1. The zero-order valence-corrected chi connectivity index (χ0v) is 9.31. The van der Waals surface area contributed by atoms with Crippen molar-refractivity contribution in [2.24, 2.45) is 7.05 Å². The van der Waals surface area contributed by atoms with Crippen molar-refractivity contribution in [3.05, 3.63) is 29.7 Å². The van der Waals surface area contributed by atoms with Gasteiger partial charge in [-0.3, -0.25) is 4.68 Å². The van der Waals surface area contributed by atoms with Crippen LogP contribution < -0.4 is 11.1 Å². The molecule has 0 amide bonds. The minimum atomic E-state index is 0.277. The molecule has 0 spiro atoms. The molecule has 0 radical (unpaired) electrons. The van der Waals surface area contributed by atoms with Gasteiger partial charge < -0.3 is 11.1 Å². The highest BCUT2D eigenvalue weighted by Gasteiger charge is 2.02. The van der Waals surface area contributed by atoms with Gasteiger partial charge in [0.15, 0.2) is 0 Å². The molecule has 2 aromatic heterocycles. The fourth-order valence-electron chi connectivity index (χ4n) is 1.38. The number of hydrogen-bond donors (Lipinski definition) is 2. The van der Waals surface area contributed by atoms with Crippen LogP contribution in [0.3, 0.4) is 0 Å². The van der Waals surface area contributed by atoms with E-state index in [0.29, 0.717) is 6.54 Å². The third kappa shape index (κ3) is 2.28. The normalized spacial score (nSPS) is 10.4. The van der Waals surface area contributed by atoms with Crippen LogP contribution in [-0.4, -0.2) is 19.7 Å². The summed E-state index contributed by atoms with van der Waals surface area (Å²) in [5.41, 5.74) is 7.59. The second-order valence-electron chi connectivity index (χ2n) is 3.64. The van der Waals surface area contributed by atoms with E-state index in [4.69, 9.17) is 5.73 Å². The number of nitrogens with two attached hydrogens (primary N) is 1. The molecule has 6 nitrogen and oxygen atoms in total. The molecule has 84 valence electrons. The van der Waals surface area contributed by atoms with E-state index in [1.807, 2.05) is 26.4 Å². The van der Waals surface area contributed by atoms with Gasteiger partial charge >= 0.3 is 0 Å². The van der Waals surface area contributed by atoms with E-state index < -0.39 is 0 Å². The quantitative estimate of drug-likeness (QED) is 0.793. The van der Waals surface area contributed by atoms with Crippen molar-refractivity contribution < 1.29 is 0 Å². The number of anilines is 2. The molecule has 2 aromatic rings. The second-order valence-corrected chi connectivity index (χ2v) is 3.64. The zero-order valence-electron chi connectivity index (χ0n) is 9.31. The number of nitrogens with one attached hydrogen (secondary N) is 1. The monoisotopic (exact) mass is 218 g/mol. The Balaban J connectivity index is 2.07. The molecule has 2 heterocycles. The number of aryl methyl sites for hydroxylation is 2. The largest absolute Gasteiger partial charge is 0.368 e. The van der Waals surface area contributed by atoms with Gasteiger partial charge in [-0.25, -0.2) is 4.98 Å². The van der Waals surface area contributed by atoms with Crippen LogP contribution in [-0.2, 0) is 13.6 Å². The van der Waals surface area contributed by atoms with Crippen LogP contribution in [0.15, 0.2) is 18.6 Å². The molecular formula is C10H14N6. The molecule has 16 heavy (non-hydrogen) atoms. The molecule has 0 saturated heterocycles. The van der Waals surface area contributed by atoms with Gasteiger partial charge in [0.1, 0.15) is 5.82 Å². The van der Waals surface area contributed by atoms with Crippen LogP contribution in [0.25, 0.3) is 0 Å². The summed E-state index contributed by atoms with van der Waals surface area (Å²) in [5.74, 6) is 1.04. The summed E-state index contributed by atoms with van der Waals surface area (Å²) in [6, 6.07) is 0. The highest BCUT2D eigenvalue weighted by Crippen LogP contribution is 2.12. The van der Waals surface area contributed by atoms with Crippen molar-refractivity contribution >= 4 is 11.8 Å². The maximum absolute atomic E-state index is 5.52. The molecule has 0 saturated carbocycles. The predicted molar refractivity (Wildman–Crippen MR) is 61.7 cm³/mol. The summed E-state index contributed by atoms with van der Waals surface area (Å²) in [6.45, 7) is 2.61. The Morgan fingerprint density at radius 1 is 1.44 bits per heavy atom. The standard InChI is InChI=1S/C10H14N6/c1-7-3-13-10(11)15-9(7)12-4-8-5-14-16(2)6-8/h3,5-6H,4H2,1-2H3,(H3,11,12,13,15). The van der Waals surface area contributed by atoms with Crippen molar-refractivity contribution in [3.8, 4) is 0 Å². The molecule has 2 rings (SSSR count). The second kappa shape index (κ2) is 4.18. The Labute approximate surface area is 93.5 Å². The van der Waals surface area contributed by atoms with Crippen molar-refractivity contribution in [3.63, 3.8) is 0 Å². The fourth-order valence-corrected chi connectivity index (χ4v) is 1.38. The van der Waals surface area contributed by atoms with Crippen molar-refractivity contribution in [2.45, 2.75) is 13.5 Å². The smallest absolute Gasteiger partial charge is 0.221 e. The number of rotatable bonds is 3. The molecule has 0 bridgehead atoms. The molecule has 0 aliphatic carbocycles. The average Bonchev–Trinajstić information content (AvgIpc) is 2.66. The van der Waals surface area contributed by atoms with Crippen LogP contribution >= 0.6 is 0 Å². The lowest BCUT2D eigenvalue weighted by atomic mass is 10.3. The summed E-state index contributed by atoms with van der Waals surface area (Å²) in [6.07, 6.45) is 5.47. The number of hydrogen-bond acceptors (Lipinski definition) is 5. The summed E-state index contributed by atoms with van der Waals surface area (Å²) in [5, 5.41) is 7.29. The highest BCUT2D eigenvalue weighted by atomic mass is 15.2. The Morgan fingerprint density at radius 2 is 2.25 bits per heavy atom. The van der Waals surface area contributed by atoms with Crippen molar-refractivity contribution in [2.75, 3.05) is 11.1 Å². The Bertz CT molecular complexity index is 490. The molecule has 0 aromatic carbocycles. The average molecular weight is 218 g/mol. The molecule has 0 unspecified atom stereocenters. The molecule has 3 N–H and O–H groups in total. The topological polar surface area (TPSA) is 81.7 Å². The van der Waals surface area contributed by atoms with E-state index in [0.717, 1.165) is 16.9 Å². The zero-order chi connectivity index (χ0) is 11.5. The number of aromatic nitrogens is 4. The van der Waals surface area contributed by atoms with Crippen LogP contribution in [0.2, 0.25) is 0 Å². The van der Waals surface area contributed by atoms with E-state index in [2.05, 4.69) is 20.4 Å². The van der Waals surface area contributed by atoms with Gasteiger partial charge in [-0.2, -0.15) is 10.1 Å². The Morgan fingerprint density at radius 3 is 2.94 bits per heavy atom. The third-order valence-electron chi connectivity index (χ3n) is 2.21. The first-order chi connectivity index (χ1) is 7.65. The maximum atomic E-state index is 5.52. The summed E-state index contributed by atoms with van der Waals surface area (Å²) in [7, 11) is 1.89. The molecule has 0 aliphatic heterocycles. The first-order valence-corrected chi connectivity index (χ1v) is 4.95. The van der Waals surface area contributed by atoms with Gasteiger partial charge in [-0.1, -0.05) is 0 Å². The van der Waals surface area contributed by atoms with Crippen LogP contribution in [0.1, 0.15) is 11.1 Å². The molecule has 6 heteroatoms. The van der Waals surface area contributed by atoms with Gasteiger partial charge in [-0.05, 0) is 6.92 Å². The highest BCUT2D eigenvalue weighted by molar-refractivity contribution is 5.45.